The zero-order valence-corrected chi connectivity index (χ0v) is 28.0. The third-order valence-corrected chi connectivity index (χ3v) is 13.9. The normalized spacial score (nSPS) is 13.3. The summed E-state index contributed by atoms with van der Waals surface area (Å²) in [6, 6.07) is 19.4. The fraction of sp³-hybridized carbons (Fsp3) is 0.361. The summed E-state index contributed by atoms with van der Waals surface area (Å²) in [6.45, 7) is 11.7. The van der Waals surface area contributed by atoms with E-state index in [9.17, 15) is 0 Å². The molecule has 0 bridgehead atoms. The molecule has 1 aromatic heterocycles. The van der Waals surface area contributed by atoms with Gasteiger partial charge in [0.15, 0.2) is 0 Å². The van der Waals surface area contributed by atoms with Gasteiger partial charge in [-0.15, -0.1) is 0 Å². The maximum atomic E-state index is 2.52. The van der Waals surface area contributed by atoms with Crippen molar-refractivity contribution in [3.8, 4) is 11.3 Å². The molecular formula is C36H42GeNS+. The van der Waals surface area contributed by atoms with Crippen molar-refractivity contribution in [2.45, 2.75) is 74.5 Å². The van der Waals surface area contributed by atoms with Gasteiger partial charge in [-0.1, -0.05) is 13.8 Å². The molecule has 0 N–H and O–H groups in total. The second-order valence-corrected chi connectivity index (χ2v) is 25.3. The van der Waals surface area contributed by atoms with Crippen molar-refractivity contribution in [2.75, 3.05) is 0 Å². The predicted molar refractivity (Wildman–Crippen MR) is 174 cm³/mol. The summed E-state index contributed by atoms with van der Waals surface area (Å²) < 4.78 is 3.97. The van der Waals surface area contributed by atoms with Crippen LogP contribution in [-0.4, -0.2) is 13.3 Å². The molecule has 0 atom stereocenters. The van der Waals surface area contributed by atoms with Crippen molar-refractivity contribution < 1.29 is 4.57 Å². The average molecular weight is 593 g/mol. The number of hydrogen-bond acceptors (Lipinski definition) is 1. The van der Waals surface area contributed by atoms with Gasteiger partial charge in [0.2, 0.25) is 0 Å². The van der Waals surface area contributed by atoms with E-state index < -0.39 is 13.3 Å². The first-order valence-corrected chi connectivity index (χ1v) is 22.8. The molecule has 3 heteroatoms. The Bertz CT molecular complexity index is 1790. The molecule has 2 heterocycles. The van der Waals surface area contributed by atoms with Gasteiger partial charge in [0.25, 0.3) is 0 Å². The fourth-order valence-corrected chi connectivity index (χ4v) is 10.4. The van der Waals surface area contributed by atoms with Crippen LogP contribution in [0.15, 0.2) is 64.5 Å². The Labute approximate surface area is 241 Å². The molecule has 0 amide bonds. The molecule has 0 unspecified atom stereocenters. The number of rotatable bonds is 5. The number of hydrogen-bond donors (Lipinski definition) is 0. The molecule has 4 aromatic carbocycles. The minimum absolute atomic E-state index is 0.597. The van der Waals surface area contributed by atoms with E-state index in [0.717, 1.165) is 12.8 Å². The first-order valence-electron chi connectivity index (χ1n) is 14.6. The van der Waals surface area contributed by atoms with Crippen LogP contribution in [0.25, 0.3) is 43.6 Å². The van der Waals surface area contributed by atoms with Crippen LogP contribution in [0, 0.1) is 18.8 Å². The third-order valence-electron chi connectivity index (χ3n) is 8.46. The molecule has 0 saturated heterocycles. The molecule has 0 fully saturated rings. The van der Waals surface area contributed by atoms with E-state index in [4.69, 9.17) is 0 Å². The monoisotopic (exact) mass is 594 g/mol. The molecule has 1 aliphatic heterocycles. The fourth-order valence-electron chi connectivity index (χ4n) is 6.56. The number of pyridine rings is 1. The Morgan fingerprint density at radius 3 is 2.23 bits per heavy atom. The van der Waals surface area contributed by atoms with Gasteiger partial charge in [-0.2, -0.15) is 0 Å². The van der Waals surface area contributed by atoms with E-state index in [1.165, 1.54) is 70.1 Å². The standard InChI is InChI=1S/C36H42GeNS/c1-21(2)16-24-10-13-27-29(18-24)23(5)33-35-34-28(14-15-38(35)9)30-20-26(37(6,7)8)12-11-25(30)19-32(34)39-36(33)31(27)17-22(3)4/h10-15,18-22H,16-17H2,1-9H3/q+1. The van der Waals surface area contributed by atoms with Crippen LogP contribution in [0.4, 0.5) is 0 Å². The van der Waals surface area contributed by atoms with Crippen molar-refractivity contribution in [2.24, 2.45) is 18.9 Å². The van der Waals surface area contributed by atoms with Crippen molar-refractivity contribution in [3.05, 3.63) is 71.4 Å². The SMILES string of the molecule is Cc1c2c(c(CC(C)C)c3ccc(CC(C)C)cc13)Sc1cc3cc[c]([Ge]([CH3])([CH3])[CH3])cc3c3cc[n+](C)c-2c13. The van der Waals surface area contributed by atoms with Crippen molar-refractivity contribution in [3.63, 3.8) is 0 Å². The molecule has 0 radical (unpaired) electrons. The van der Waals surface area contributed by atoms with E-state index in [1.54, 1.807) is 4.40 Å². The van der Waals surface area contributed by atoms with Gasteiger partial charge in [-0.25, -0.2) is 0 Å². The van der Waals surface area contributed by atoms with Gasteiger partial charge in [0, 0.05) is 0 Å². The summed E-state index contributed by atoms with van der Waals surface area (Å²) in [5.41, 5.74) is 7.25. The summed E-state index contributed by atoms with van der Waals surface area (Å²) >= 11 is 0.0622. The summed E-state index contributed by atoms with van der Waals surface area (Å²) in [5.74, 6) is 8.74. The van der Waals surface area contributed by atoms with Crippen LogP contribution >= 0.6 is 11.8 Å². The molecule has 1 aliphatic rings. The Morgan fingerprint density at radius 1 is 0.795 bits per heavy atom. The molecule has 0 aliphatic carbocycles. The van der Waals surface area contributed by atoms with Gasteiger partial charge in [0.1, 0.15) is 0 Å². The minimum atomic E-state index is -1.96. The average Bonchev–Trinajstić information content (AvgIpc) is 2.86. The second-order valence-electron chi connectivity index (χ2n) is 13.6. The van der Waals surface area contributed by atoms with Gasteiger partial charge in [0.05, 0.1) is 0 Å². The van der Waals surface area contributed by atoms with E-state index >= 15 is 0 Å². The van der Waals surface area contributed by atoms with Crippen molar-refractivity contribution in [1.82, 2.24) is 0 Å². The molecule has 1 nitrogen and oxygen atoms in total. The first kappa shape index (κ1) is 26.9. The Morgan fingerprint density at radius 2 is 1.54 bits per heavy atom. The first-order chi connectivity index (χ1) is 18.4. The predicted octanol–water partition coefficient (Wildman–Crippen LogP) is 9.35. The summed E-state index contributed by atoms with van der Waals surface area (Å²) in [6.07, 6.45) is 4.52. The second kappa shape index (κ2) is 9.66. The van der Waals surface area contributed by atoms with Gasteiger partial charge < -0.3 is 0 Å². The van der Waals surface area contributed by atoms with Crippen LogP contribution in [-0.2, 0) is 19.9 Å². The Hall–Kier alpha value is -2.30. The van der Waals surface area contributed by atoms with E-state index in [0.29, 0.717) is 11.8 Å². The molecular weight excluding hydrogens is 551 g/mol. The maximum absolute atomic E-state index is 2.52. The zero-order valence-electron chi connectivity index (χ0n) is 25.1. The molecule has 39 heavy (non-hydrogen) atoms. The van der Waals surface area contributed by atoms with Crippen LogP contribution in [0.1, 0.15) is 44.4 Å². The third kappa shape index (κ3) is 4.52. The summed E-state index contributed by atoms with van der Waals surface area (Å²) in [4.78, 5) is 2.88. The van der Waals surface area contributed by atoms with Crippen LogP contribution in [0.2, 0.25) is 17.3 Å². The molecule has 0 saturated carbocycles. The molecule has 5 aromatic rings. The van der Waals surface area contributed by atoms with E-state index in [1.807, 2.05) is 11.8 Å². The topological polar surface area (TPSA) is 3.88 Å². The van der Waals surface area contributed by atoms with Crippen LogP contribution in [0.3, 0.4) is 0 Å². The van der Waals surface area contributed by atoms with Crippen LogP contribution < -0.4 is 8.96 Å². The number of nitrogens with zero attached hydrogens (tertiary/aromatic N) is 1. The zero-order chi connectivity index (χ0) is 27.8. The van der Waals surface area contributed by atoms with Crippen molar-refractivity contribution >= 4 is 61.7 Å². The van der Waals surface area contributed by atoms with Gasteiger partial charge >= 0.3 is 223 Å². The molecule has 200 valence electrons. The van der Waals surface area contributed by atoms with Gasteiger partial charge in [-0.3, -0.25) is 0 Å². The number of benzene rings is 4. The number of fused-ring (bicyclic) bond motifs is 5. The number of aromatic nitrogens is 1. The van der Waals surface area contributed by atoms with E-state index in [2.05, 4.69) is 118 Å². The Balaban J connectivity index is 1.73. The Kier molecular flexibility index (Phi) is 6.67. The summed E-state index contributed by atoms with van der Waals surface area (Å²) in [7, 11) is 2.24. The van der Waals surface area contributed by atoms with E-state index in [-0.39, 0.29) is 0 Å². The number of aryl methyl sites for hydroxylation is 2. The quantitative estimate of drug-likeness (QED) is 0.109. The molecule has 6 rings (SSSR count). The molecule has 0 spiro atoms. The van der Waals surface area contributed by atoms with Crippen LogP contribution in [0.5, 0.6) is 0 Å². The van der Waals surface area contributed by atoms with Crippen molar-refractivity contribution in [1.29, 1.82) is 0 Å². The summed E-state index contributed by atoms with van der Waals surface area (Å²) in [5, 5.41) is 8.50. The van der Waals surface area contributed by atoms with Gasteiger partial charge in [-0.05, 0) is 5.92 Å².